The van der Waals surface area contributed by atoms with Crippen LogP contribution in [0.3, 0.4) is 0 Å². The minimum absolute atomic E-state index is 0. The van der Waals surface area contributed by atoms with Crippen LogP contribution in [-0.2, 0) is 26.2 Å². The van der Waals surface area contributed by atoms with E-state index in [0.717, 1.165) is 0 Å². The normalized spacial score (nSPS) is 19.7. The Morgan fingerprint density at radius 1 is 1.18 bits per heavy atom. The second-order valence-electron chi connectivity index (χ2n) is 1.45. The van der Waals surface area contributed by atoms with Crippen LogP contribution in [0.1, 0.15) is 0 Å². The first kappa shape index (κ1) is 14.3. The fourth-order valence-corrected chi connectivity index (χ4v) is 1.61. The van der Waals surface area contributed by atoms with Gasteiger partial charge in [0, 0.05) is 0 Å². The van der Waals surface area contributed by atoms with Gasteiger partial charge in [0.15, 0.2) is 7.60 Å². The van der Waals surface area contributed by atoms with E-state index < -0.39 is 20.8 Å². The first-order chi connectivity index (χ1) is 4.15. The Labute approximate surface area is 72.2 Å². The summed E-state index contributed by atoms with van der Waals surface area (Å²) in [6, 6.07) is 0. The second-order valence-corrected chi connectivity index (χ2v) is 5.04. The first-order valence-electron chi connectivity index (χ1n) is 1.89. The molecule has 0 saturated carbocycles. The van der Waals surface area contributed by atoms with Gasteiger partial charge in [0.05, 0.1) is 0 Å². The maximum absolute atomic E-state index is 9.74. The van der Waals surface area contributed by atoms with E-state index in [0.29, 0.717) is 0 Å². The maximum Gasteiger partial charge on any atom is 3.00 e. The molecule has 2 atom stereocenters. The van der Waals surface area contributed by atoms with Crippen molar-refractivity contribution in [3.8, 4) is 0 Å². The van der Waals surface area contributed by atoms with Crippen molar-refractivity contribution in [3.05, 3.63) is 0 Å². The van der Waals surface area contributed by atoms with Gasteiger partial charge in [0.25, 0.3) is 0 Å². The van der Waals surface area contributed by atoms with Crippen molar-refractivity contribution in [1.29, 1.82) is 0 Å². The second kappa shape index (κ2) is 4.14. The predicted molar refractivity (Wildman–Crippen MR) is 23.4 cm³/mol. The molecule has 10 heteroatoms. The van der Waals surface area contributed by atoms with Crippen LogP contribution in [0.25, 0.3) is 0 Å². The number of rotatable bonds is 2. The van der Waals surface area contributed by atoms with Gasteiger partial charge in [-0.3, -0.25) is 0 Å². The third-order valence-electron chi connectivity index (χ3n) is 0.575. The first-order valence-corrected chi connectivity index (χ1v) is 5.15. The molecule has 0 fully saturated rings. The summed E-state index contributed by atoms with van der Waals surface area (Å²) in [5, 5.41) is 8.01. The molecule has 7 nitrogen and oxygen atoms in total. The van der Waals surface area contributed by atoms with Gasteiger partial charge in [0.1, 0.15) is 5.59 Å². The summed E-state index contributed by atoms with van der Waals surface area (Å²) in [5.41, 5.74) is -3.24. The molecule has 0 bridgehead atoms. The van der Waals surface area contributed by atoms with E-state index in [9.17, 15) is 23.8 Å². The minimum Gasteiger partial charge on any atom is -0.809 e. The van der Waals surface area contributed by atoms with E-state index in [-0.39, 0.29) is 17.1 Å². The van der Waals surface area contributed by atoms with Crippen LogP contribution in [0.2, 0.25) is 0 Å². The third kappa shape index (κ3) is 5.09. The van der Waals surface area contributed by atoms with Gasteiger partial charge in [-0.1, -0.05) is 0 Å². The summed E-state index contributed by atoms with van der Waals surface area (Å²) in [5.74, 6) is 0. The van der Waals surface area contributed by atoms with Crippen molar-refractivity contribution >= 4 is 15.2 Å². The molecule has 0 aromatic carbocycles. The Morgan fingerprint density at radius 3 is 1.45 bits per heavy atom. The molecule has 11 heavy (non-hydrogen) atoms. The molecule has 67 valence electrons. The molecule has 0 aliphatic carbocycles. The summed E-state index contributed by atoms with van der Waals surface area (Å²) in [7, 11) is -11.1. The zero-order chi connectivity index (χ0) is 8.58. The van der Waals surface area contributed by atoms with Crippen LogP contribution in [0.4, 0.5) is 0 Å². The van der Waals surface area contributed by atoms with Crippen molar-refractivity contribution < 1.29 is 50.9 Å². The Kier molecular flexibility index (Phi) is 5.39. The molecular weight excluding hydrogens is 242 g/mol. The zero-order valence-corrected chi connectivity index (χ0v) is 7.65. The van der Waals surface area contributed by atoms with E-state index in [1.54, 1.807) is 0 Å². The zero-order valence-electron chi connectivity index (χ0n) is 4.76. The third-order valence-corrected chi connectivity index (χ3v) is 3.45. The van der Waals surface area contributed by atoms with Crippen molar-refractivity contribution in [2.45, 2.75) is 5.59 Å². The van der Waals surface area contributed by atoms with Gasteiger partial charge < -0.3 is 33.8 Å². The predicted octanol–water partition coefficient (Wildman–Crippen LogP) is -3.28. The quantitative estimate of drug-likeness (QED) is 0.383. The fourth-order valence-electron chi connectivity index (χ4n) is 0.179. The summed E-state index contributed by atoms with van der Waals surface area (Å²) in [4.78, 5) is 36.9. The molecule has 0 amide bonds. The summed E-state index contributed by atoms with van der Waals surface area (Å²) in [6.45, 7) is 0. The van der Waals surface area contributed by atoms with Crippen LogP contribution in [0.15, 0.2) is 0 Å². The van der Waals surface area contributed by atoms with E-state index in [2.05, 4.69) is 0 Å². The van der Waals surface area contributed by atoms with Gasteiger partial charge in [-0.25, -0.2) is 0 Å². The summed E-state index contributed by atoms with van der Waals surface area (Å²) >= 11 is 0. The van der Waals surface area contributed by atoms with Crippen LogP contribution in [0.5, 0.6) is 0 Å². The Bertz CT molecular complexity index is 178. The van der Waals surface area contributed by atoms with E-state index in [1.165, 1.54) is 0 Å². The van der Waals surface area contributed by atoms with Gasteiger partial charge in [-0.05, 0) is 7.60 Å². The number of hydrogen-bond donors (Lipinski definition) is 2. The minimum atomic E-state index is -5.65. The van der Waals surface area contributed by atoms with Gasteiger partial charge in [-0.15, -0.1) is 0 Å². The Morgan fingerprint density at radius 2 is 1.45 bits per heavy atom. The monoisotopic (exact) mass is 245 g/mol. The van der Waals surface area contributed by atoms with Crippen molar-refractivity contribution in [2.75, 3.05) is 0 Å². The molecule has 0 aliphatic heterocycles. The van der Waals surface area contributed by atoms with Crippen LogP contribution < -0.4 is 14.7 Å². The standard InChI is InChI=1S/CH6O7P2.Fe/c2-1(9(3,4)5)10(6,7)8;/h1-2H,(H2,3,4,5)(H2,6,7,8);/q;+3/p-3. The molecule has 2 N–H and O–H groups in total. The Balaban J connectivity index is 0. The topological polar surface area (TPSA) is 144 Å². The molecule has 0 aliphatic rings. The van der Waals surface area contributed by atoms with Crippen molar-refractivity contribution in [3.63, 3.8) is 0 Å². The number of hydrogen-bond acceptors (Lipinski definition) is 6. The van der Waals surface area contributed by atoms with Crippen LogP contribution in [-0.4, -0.2) is 15.6 Å². The Hall–Kier alpha value is 0.779. The molecule has 0 spiro atoms. The fraction of sp³-hybridized carbons (Fsp3) is 1.00. The molecule has 2 unspecified atom stereocenters. The van der Waals surface area contributed by atoms with Gasteiger partial charge in [0.2, 0.25) is 0 Å². The number of aliphatic hydroxyl groups excluding tert-OH is 1. The van der Waals surface area contributed by atoms with Crippen molar-refractivity contribution in [1.82, 2.24) is 0 Å². The van der Waals surface area contributed by atoms with Crippen molar-refractivity contribution in [2.24, 2.45) is 0 Å². The van der Waals surface area contributed by atoms with E-state index in [4.69, 9.17) is 10.00 Å². The molecule has 1 radical (unpaired) electrons. The molecule has 0 aromatic heterocycles. The molecule has 0 rings (SSSR count). The maximum atomic E-state index is 9.74. The average molecular weight is 245 g/mol. The molecule has 0 heterocycles. The van der Waals surface area contributed by atoms with E-state index >= 15 is 0 Å². The van der Waals surface area contributed by atoms with E-state index in [1.807, 2.05) is 0 Å². The molecular formula is CH3FeO7P2. The largest absolute Gasteiger partial charge is 3.00 e. The smallest absolute Gasteiger partial charge is 0.809 e. The average Bonchev–Trinajstić information content (AvgIpc) is 1.59. The van der Waals surface area contributed by atoms with Crippen LogP contribution >= 0.6 is 15.2 Å². The van der Waals surface area contributed by atoms with Gasteiger partial charge in [-0.2, -0.15) is 0 Å². The van der Waals surface area contributed by atoms with Crippen LogP contribution in [0, 0.1) is 0 Å². The molecule has 0 aromatic rings. The molecule has 0 saturated heterocycles. The summed E-state index contributed by atoms with van der Waals surface area (Å²) < 4.78 is 19.4. The van der Waals surface area contributed by atoms with Gasteiger partial charge >= 0.3 is 17.1 Å². The SMILES string of the molecule is O=P([O-])([O-])C(O)P(=O)([O-])O.[Fe+3]. The number of aliphatic hydroxyl groups is 1. The summed E-state index contributed by atoms with van der Waals surface area (Å²) in [6.07, 6.45) is 0.